The number of piperazine rings is 1. The summed E-state index contributed by atoms with van der Waals surface area (Å²) < 4.78 is 0. The zero-order valence-corrected chi connectivity index (χ0v) is 13.6. The van der Waals surface area contributed by atoms with Crippen LogP contribution in [0.15, 0.2) is 30.3 Å². The maximum Gasteiger partial charge on any atom is 0.0718 e. The lowest BCUT2D eigenvalue weighted by Gasteiger charge is -2.37. The van der Waals surface area contributed by atoms with E-state index in [1.165, 1.54) is 5.69 Å². The molecule has 118 valence electrons. The van der Waals surface area contributed by atoms with Gasteiger partial charge in [0, 0.05) is 51.5 Å². The van der Waals surface area contributed by atoms with E-state index in [9.17, 15) is 5.11 Å². The van der Waals surface area contributed by atoms with Gasteiger partial charge < -0.3 is 14.9 Å². The summed E-state index contributed by atoms with van der Waals surface area (Å²) in [5.74, 6) is 0. The Morgan fingerprint density at radius 1 is 1.10 bits per heavy atom. The lowest BCUT2D eigenvalue weighted by Crippen LogP contribution is -2.49. The summed E-state index contributed by atoms with van der Waals surface area (Å²) in [7, 11) is 2.08. The van der Waals surface area contributed by atoms with Crippen LogP contribution in [0.1, 0.15) is 13.8 Å². The Morgan fingerprint density at radius 2 is 1.71 bits per heavy atom. The average Bonchev–Trinajstić information content (AvgIpc) is 2.45. The summed E-state index contributed by atoms with van der Waals surface area (Å²) in [6.07, 6.45) is 0. The lowest BCUT2D eigenvalue weighted by molar-refractivity contribution is 0.0416. The molecule has 0 spiro atoms. The predicted molar refractivity (Wildman–Crippen MR) is 88.9 cm³/mol. The van der Waals surface area contributed by atoms with E-state index in [1.807, 2.05) is 13.8 Å². The van der Waals surface area contributed by atoms with Crippen LogP contribution in [-0.2, 0) is 0 Å². The van der Waals surface area contributed by atoms with Gasteiger partial charge in [0.25, 0.3) is 0 Å². The Bertz CT molecular complexity index is 408. The second-order valence-corrected chi connectivity index (χ2v) is 6.71. The number of hydrogen-bond donors (Lipinski definition) is 1. The zero-order valence-electron chi connectivity index (χ0n) is 13.6. The minimum Gasteiger partial charge on any atom is -0.389 e. The van der Waals surface area contributed by atoms with Crippen molar-refractivity contribution in [2.45, 2.75) is 19.4 Å². The van der Waals surface area contributed by atoms with Crippen molar-refractivity contribution < 1.29 is 5.11 Å². The Labute approximate surface area is 129 Å². The molecule has 1 aromatic carbocycles. The van der Waals surface area contributed by atoms with Gasteiger partial charge in [-0.25, -0.2) is 0 Å². The molecule has 0 aromatic heterocycles. The van der Waals surface area contributed by atoms with Crippen LogP contribution >= 0.6 is 0 Å². The Morgan fingerprint density at radius 3 is 2.29 bits per heavy atom. The Hall–Kier alpha value is -1.10. The first-order chi connectivity index (χ1) is 9.94. The number of anilines is 1. The van der Waals surface area contributed by atoms with E-state index in [1.54, 1.807) is 0 Å². The smallest absolute Gasteiger partial charge is 0.0718 e. The Balaban J connectivity index is 1.70. The van der Waals surface area contributed by atoms with Crippen molar-refractivity contribution in [2.24, 2.45) is 0 Å². The van der Waals surface area contributed by atoms with Gasteiger partial charge >= 0.3 is 0 Å². The molecule has 1 aromatic rings. The van der Waals surface area contributed by atoms with Crippen LogP contribution in [0.4, 0.5) is 5.69 Å². The summed E-state index contributed by atoms with van der Waals surface area (Å²) in [6.45, 7) is 11.0. The van der Waals surface area contributed by atoms with E-state index in [2.05, 4.69) is 52.1 Å². The fraction of sp³-hybridized carbons (Fsp3) is 0.647. The summed E-state index contributed by atoms with van der Waals surface area (Å²) in [5.41, 5.74) is 0.720. The molecule has 21 heavy (non-hydrogen) atoms. The molecule has 1 heterocycles. The maximum atomic E-state index is 9.82. The van der Waals surface area contributed by atoms with Crippen molar-refractivity contribution in [3.05, 3.63) is 30.3 Å². The largest absolute Gasteiger partial charge is 0.389 e. The van der Waals surface area contributed by atoms with Gasteiger partial charge in [0.2, 0.25) is 0 Å². The van der Waals surface area contributed by atoms with Gasteiger partial charge in [-0.05, 0) is 33.0 Å². The number of aliphatic hydroxyl groups is 1. The molecule has 0 unspecified atom stereocenters. The lowest BCUT2D eigenvalue weighted by atomic mass is 10.1. The number of likely N-dealkylation sites (N-methyl/N-ethyl adjacent to an activating group) is 1. The van der Waals surface area contributed by atoms with Gasteiger partial charge in [0.15, 0.2) is 0 Å². The topological polar surface area (TPSA) is 30.0 Å². The first kappa shape index (κ1) is 16.3. The van der Waals surface area contributed by atoms with E-state index in [0.29, 0.717) is 0 Å². The van der Waals surface area contributed by atoms with E-state index < -0.39 is 5.60 Å². The third-order valence-corrected chi connectivity index (χ3v) is 3.95. The molecule has 1 aliphatic rings. The second-order valence-electron chi connectivity index (χ2n) is 6.71. The van der Waals surface area contributed by atoms with E-state index >= 15 is 0 Å². The molecule has 4 nitrogen and oxygen atoms in total. The highest BCUT2D eigenvalue weighted by Crippen LogP contribution is 2.15. The first-order valence-corrected chi connectivity index (χ1v) is 7.87. The van der Waals surface area contributed by atoms with Crippen molar-refractivity contribution in [1.82, 2.24) is 9.80 Å². The molecule has 0 aliphatic carbocycles. The minimum atomic E-state index is -0.610. The minimum absolute atomic E-state index is 0.610. The number of para-hydroxylation sites is 1. The molecule has 0 bridgehead atoms. The molecular formula is C17H29N3O. The number of nitrogens with zero attached hydrogens (tertiary/aromatic N) is 3. The highest BCUT2D eigenvalue weighted by atomic mass is 16.3. The molecule has 0 amide bonds. The summed E-state index contributed by atoms with van der Waals surface area (Å²) in [6, 6.07) is 10.7. The van der Waals surface area contributed by atoms with Gasteiger partial charge in [0.1, 0.15) is 0 Å². The predicted octanol–water partition coefficient (Wildman–Crippen LogP) is 1.51. The van der Waals surface area contributed by atoms with Crippen molar-refractivity contribution in [3.8, 4) is 0 Å². The fourth-order valence-corrected chi connectivity index (χ4v) is 2.92. The van der Waals surface area contributed by atoms with Crippen molar-refractivity contribution in [3.63, 3.8) is 0 Å². The van der Waals surface area contributed by atoms with E-state index in [-0.39, 0.29) is 0 Å². The second kappa shape index (κ2) is 7.25. The molecule has 0 radical (unpaired) electrons. The molecule has 1 saturated heterocycles. The summed E-state index contributed by atoms with van der Waals surface area (Å²) in [4.78, 5) is 7.18. The van der Waals surface area contributed by atoms with Crippen LogP contribution in [0.5, 0.6) is 0 Å². The van der Waals surface area contributed by atoms with Crippen molar-refractivity contribution in [1.29, 1.82) is 0 Å². The van der Waals surface area contributed by atoms with E-state index in [4.69, 9.17) is 0 Å². The molecule has 1 fully saturated rings. The molecule has 0 atom stereocenters. The quantitative estimate of drug-likeness (QED) is 0.860. The van der Waals surface area contributed by atoms with Crippen LogP contribution in [0.3, 0.4) is 0 Å². The van der Waals surface area contributed by atoms with Gasteiger partial charge in [-0.3, -0.25) is 4.90 Å². The van der Waals surface area contributed by atoms with Crippen LogP contribution in [0.2, 0.25) is 0 Å². The van der Waals surface area contributed by atoms with Crippen LogP contribution in [0, 0.1) is 0 Å². The summed E-state index contributed by atoms with van der Waals surface area (Å²) in [5, 5.41) is 9.82. The third-order valence-electron chi connectivity index (χ3n) is 3.95. The Kier molecular flexibility index (Phi) is 5.62. The first-order valence-electron chi connectivity index (χ1n) is 7.87. The molecule has 2 rings (SSSR count). The fourth-order valence-electron chi connectivity index (χ4n) is 2.92. The maximum absolute atomic E-state index is 9.82. The highest BCUT2D eigenvalue weighted by molar-refractivity contribution is 5.46. The number of benzene rings is 1. The molecule has 0 saturated carbocycles. The molecular weight excluding hydrogens is 262 g/mol. The molecule has 1 N–H and O–H groups in total. The standard InChI is InChI=1S/C17H29N3O/c1-17(2,21)15-18(3)9-10-19-11-13-20(14-12-19)16-7-5-4-6-8-16/h4-8,21H,9-15H2,1-3H3. The SMILES string of the molecule is CN(CCN1CCN(c2ccccc2)CC1)CC(C)(C)O. The monoisotopic (exact) mass is 291 g/mol. The van der Waals surface area contributed by atoms with Crippen LogP contribution in [-0.4, -0.2) is 73.4 Å². The van der Waals surface area contributed by atoms with Crippen LogP contribution < -0.4 is 4.90 Å². The summed E-state index contributed by atoms with van der Waals surface area (Å²) >= 11 is 0. The van der Waals surface area contributed by atoms with Crippen molar-refractivity contribution >= 4 is 5.69 Å². The molecule has 4 heteroatoms. The van der Waals surface area contributed by atoms with Crippen molar-refractivity contribution in [2.75, 3.05) is 57.8 Å². The molecule has 1 aliphatic heterocycles. The van der Waals surface area contributed by atoms with Gasteiger partial charge in [-0.15, -0.1) is 0 Å². The average molecular weight is 291 g/mol. The zero-order chi connectivity index (χ0) is 15.3. The van der Waals surface area contributed by atoms with Crippen LogP contribution in [0.25, 0.3) is 0 Å². The van der Waals surface area contributed by atoms with Gasteiger partial charge in [-0.2, -0.15) is 0 Å². The third kappa shape index (κ3) is 5.65. The number of hydrogen-bond acceptors (Lipinski definition) is 4. The van der Waals surface area contributed by atoms with Gasteiger partial charge in [0.05, 0.1) is 5.60 Å². The van der Waals surface area contributed by atoms with Gasteiger partial charge in [-0.1, -0.05) is 18.2 Å². The number of rotatable bonds is 6. The normalized spacial score (nSPS) is 17.5. The van der Waals surface area contributed by atoms with E-state index in [0.717, 1.165) is 45.8 Å². The highest BCUT2D eigenvalue weighted by Gasteiger charge is 2.19.